The van der Waals surface area contributed by atoms with E-state index >= 15 is 0 Å². The predicted molar refractivity (Wildman–Crippen MR) is 72.2 cm³/mol. The molecule has 0 radical (unpaired) electrons. The van der Waals surface area contributed by atoms with Gasteiger partial charge in [0.25, 0.3) is 0 Å². The maximum atomic E-state index is 5.90. The van der Waals surface area contributed by atoms with E-state index in [1.54, 1.807) is 13.1 Å². The van der Waals surface area contributed by atoms with Gasteiger partial charge in [0.15, 0.2) is 0 Å². The van der Waals surface area contributed by atoms with Gasteiger partial charge in [0.2, 0.25) is 0 Å². The number of aromatic nitrogens is 1. The van der Waals surface area contributed by atoms with Crippen LogP contribution in [0.4, 0.5) is 11.5 Å². The molecular formula is C10H16ClN3S. The lowest BCUT2D eigenvalue weighted by Gasteiger charge is -2.09. The normalized spacial score (nSPS) is 8.60. The second-order valence-corrected chi connectivity index (χ2v) is 3.11. The summed E-state index contributed by atoms with van der Waals surface area (Å²) in [6.45, 7) is 5.85. The topological polar surface area (TPSA) is 37.0 Å². The van der Waals surface area contributed by atoms with E-state index in [1.165, 1.54) is 5.49 Å². The van der Waals surface area contributed by atoms with E-state index in [4.69, 9.17) is 11.6 Å². The van der Waals surface area contributed by atoms with Crippen molar-refractivity contribution in [3.05, 3.63) is 16.8 Å². The molecule has 0 aliphatic rings. The van der Waals surface area contributed by atoms with Crippen molar-refractivity contribution in [3.8, 4) is 0 Å². The third-order valence-corrected chi connectivity index (χ3v) is 2.10. The second kappa shape index (κ2) is 7.43. The molecule has 5 heteroatoms. The molecular weight excluding hydrogens is 230 g/mol. The summed E-state index contributed by atoms with van der Waals surface area (Å²) in [5, 5.41) is 6.45. The van der Waals surface area contributed by atoms with Crippen LogP contribution in [0.1, 0.15) is 19.5 Å². The Labute approximate surface area is 101 Å². The fourth-order valence-electron chi connectivity index (χ4n) is 0.945. The molecule has 0 saturated heterocycles. The van der Waals surface area contributed by atoms with Gasteiger partial charge in [-0.25, -0.2) is 4.98 Å². The Balaban J connectivity index is 0.000000921. The Bertz CT molecular complexity index is 329. The minimum Gasteiger partial charge on any atom is -0.371 e. The van der Waals surface area contributed by atoms with Crippen LogP contribution >= 0.6 is 23.8 Å². The molecule has 0 atom stereocenters. The number of hydrogen-bond acceptors (Lipinski definition) is 3. The van der Waals surface area contributed by atoms with Crippen molar-refractivity contribution in [1.29, 1.82) is 0 Å². The van der Waals surface area contributed by atoms with Gasteiger partial charge in [0.05, 0.1) is 21.9 Å². The second-order valence-electron chi connectivity index (χ2n) is 2.46. The first-order chi connectivity index (χ1) is 7.19. The first-order valence-corrected chi connectivity index (χ1v) is 5.59. The summed E-state index contributed by atoms with van der Waals surface area (Å²) in [7, 11) is 1.80. The molecule has 0 aliphatic carbocycles. The maximum absolute atomic E-state index is 5.90. The van der Waals surface area contributed by atoms with Gasteiger partial charge in [0, 0.05) is 7.05 Å². The van der Waals surface area contributed by atoms with Crippen LogP contribution in [0.15, 0.2) is 6.07 Å². The van der Waals surface area contributed by atoms with Gasteiger partial charge in [-0.2, -0.15) is 0 Å². The molecule has 2 N–H and O–H groups in total. The number of halogens is 1. The van der Waals surface area contributed by atoms with Gasteiger partial charge in [-0.1, -0.05) is 37.7 Å². The third kappa shape index (κ3) is 4.01. The smallest absolute Gasteiger partial charge is 0.149 e. The van der Waals surface area contributed by atoms with Gasteiger partial charge < -0.3 is 10.6 Å². The highest BCUT2D eigenvalue weighted by atomic mass is 35.5. The average Bonchev–Trinajstić information content (AvgIpc) is 2.26. The minimum atomic E-state index is 0.623. The molecule has 0 spiro atoms. The Morgan fingerprint density at radius 2 is 2.07 bits per heavy atom. The van der Waals surface area contributed by atoms with E-state index < -0.39 is 0 Å². The van der Waals surface area contributed by atoms with Crippen LogP contribution in [-0.2, 0) is 0 Å². The fourth-order valence-corrected chi connectivity index (χ4v) is 1.22. The van der Waals surface area contributed by atoms with Crippen molar-refractivity contribution in [2.24, 2.45) is 0 Å². The summed E-state index contributed by atoms with van der Waals surface area (Å²) in [5.74, 6) is 0.739. The zero-order chi connectivity index (χ0) is 11.8. The minimum absolute atomic E-state index is 0.623. The Kier molecular flexibility index (Phi) is 6.99. The number of anilines is 2. The van der Waals surface area contributed by atoms with Crippen LogP contribution in [0.25, 0.3) is 0 Å². The van der Waals surface area contributed by atoms with Crippen molar-refractivity contribution < 1.29 is 0 Å². The fraction of sp³-hybridized carbons (Fsp3) is 0.400. The molecule has 0 bridgehead atoms. The van der Waals surface area contributed by atoms with Crippen molar-refractivity contribution in [2.75, 3.05) is 17.7 Å². The third-order valence-electron chi connectivity index (χ3n) is 1.60. The van der Waals surface area contributed by atoms with Gasteiger partial charge in [-0.3, -0.25) is 0 Å². The highest BCUT2D eigenvalue weighted by molar-refractivity contribution is 7.79. The molecule has 84 valence electrons. The summed E-state index contributed by atoms with van der Waals surface area (Å²) in [4.78, 5) is 4.24. The number of thiocarbonyl (C=S) groups is 1. The molecule has 0 aromatic carbocycles. The highest BCUT2D eigenvalue weighted by Gasteiger charge is 2.04. The standard InChI is InChI=1S/C8H10ClN3S.C2H6/c1-5-6(9)3-7(11-4-13)8(10-2)12-5;1-2/h3-4H,1-2H3,(H,10,12)(H,11,13);1-2H3. The number of nitrogens with one attached hydrogen (secondary N) is 2. The van der Waals surface area contributed by atoms with Gasteiger partial charge in [-0.05, 0) is 13.0 Å². The lowest BCUT2D eigenvalue weighted by atomic mass is 10.3. The zero-order valence-corrected chi connectivity index (χ0v) is 11.0. The highest BCUT2D eigenvalue weighted by Crippen LogP contribution is 2.24. The molecule has 0 amide bonds. The molecule has 15 heavy (non-hydrogen) atoms. The van der Waals surface area contributed by atoms with E-state index in [2.05, 4.69) is 27.8 Å². The molecule has 1 rings (SSSR count). The zero-order valence-electron chi connectivity index (χ0n) is 9.39. The number of aryl methyl sites for hydroxylation is 1. The SMILES string of the molecule is CC.CNc1nc(C)c(Cl)cc1NC=S. The summed E-state index contributed by atoms with van der Waals surface area (Å²) < 4.78 is 0. The Morgan fingerprint density at radius 3 is 2.53 bits per heavy atom. The number of rotatable bonds is 3. The van der Waals surface area contributed by atoms with Gasteiger partial charge in [-0.15, -0.1) is 0 Å². The van der Waals surface area contributed by atoms with Crippen molar-refractivity contribution in [2.45, 2.75) is 20.8 Å². The van der Waals surface area contributed by atoms with Crippen molar-refractivity contribution in [1.82, 2.24) is 4.98 Å². The molecule has 1 aromatic rings. The largest absolute Gasteiger partial charge is 0.371 e. The van der Waals surface area contributed by atoms with Crippen LogP contribution in [0.5, 0.6) is 0 Å². The molecule has 1 aromatic heterocycles. The van der Waals surface area contributed by atoms with E-state index in [-0.39, 0.29) is 0 Å². The van der Waals surface area contributed by atoms with Crippen LogP contribution in [0.2, 0.25) is 5.02 Å². The Hall–Kier alpha value is -0.870. The van der Waals surface area contributed by atoms with E-state index in [0.717, 1.165) is 17.2 Å². The monoisotopic (exact) mass is 245 g/mol. The summed E-state index contributed by atoms with van der Waals surface area (Å²) in [5.41, 5.74) is 3.00. The first-order valence-electron chi connectivity index (χ1n) is 4.74. The van der Waals surface area contributed by atoms with Crippen LogP contribution < -0.4 is 10.6 Å². The quantitative estimate of drug-likeness (QED) is 0.800. The van der Waals surface area contributed by atoms with Gasteiger partial charge >= 0.3 is 0 Å². The number of nitrogens with zero attached hydrogens (tertiary/aromatic N) is 1. The van der Waals surface area contributed by atoms with Crippen molar-refractivity contribution in [3.63, 3.8) is 0 Å². The maximum Gasteiger partial charge on any atom is 0.149 e. The molecule has 3 nitrogen and oxygen atoms in total. The van der Waals surface area contributed by atoms with Crippen LogP contribution in [0.3, 0.4) is 0 Å². The van der Waals surface area contributed by atoms with E-state index in [9.17, 15) is 0 Å². The molecule has 0 unspecified atom stereocenters. The number of hydrogen-bond donors (Lipinski definition) is 2. The summed E-state index contributed by atoms with van der Waals surface area (Å²) in [6.07, 6.45) is 0. The molecule has 0 saturated carbocycles. The lowest BCUT2D eigenvalue weighted by molar-refractivity contribution is 1.19. The first kappa shape index (κ1) is 14.1. The van der Waals surface area contributed by atoms with Crippen LogP contribution in [-0.4, -0.2) is 17.5 Å². The summed E-state index contributed by atoms with van der Waals surface area (Å²) >= 11 is 10.6. The van der Waals surface area contributed by atoms with Gasteiger partial charge in [0.1, 0.15) is 5.82 Å². The molecule has 0 fully saturated rings. The van der Waals surface area contributed by atoms with E-state index in [1.807, 2.05) is 20.8 Å². The average molecular weight is 246 g/mol. The summed E-state index contributed by atoms with van der Waals surface area (Å²) in [6, 6.07) is 1.79. The lowest BCUT2D eigenvalue weighted by Crippen LogP contribution is -2.02. The number of pyridine rings is 1. The molecule has 0 aliphatic heterocycles. The molecule has 1 heterocycles. The van der Waals surface area contributed by atoms with E-state index in [0.29, 0.717) is 5.02 Å². The Morgan fingerprint density at radius 1 is 1.47 bits per heavy atom. The van der Waals surface area contributed by atoms with Crippen molar-refractivity contribution >= 4 is 40.8 Å². The predicted octanol–water partition coefficient (Wildman–Crippen LogP) is 3.48. The van der Waals surface area contributed by atoms with Crippen LogP contribution in [0, 0.1) is 6.92 Å².